The van der Waals surface area contributed by atoms with E-state index in [4.69, 9.17) is 15.2 Å². The van der Waals surface area contributed by atoms with Crippen molar-refractivity contribution in [1.29, 1.82) is 0 Å². The van der Waals surface area contributed by atoms with Crippen LogP contribution in [-0.4, -0.2) is 32.7 Å². The van der Waals surface area contributed by atoms with Crippen LogP contribution in [0.5, 0.6) is 11.5 Å². The first-order chi connectivity index (χ1) is 10.1. The minimum Gasteiger partial charge on any atom is -0.493 e. The van der Waals surface area contributed by atoms with Gasteiger partial charge < -0.3 is 20.5 Å². The van der Waals surface area contributed by atoms with Crippen LogP contribution in [0.25, 0.3) is 0 Å². The summed E-state index contributed by atoms with van der Waals surface area (Å²) in [5.74, 6) is 1.55. The molecule has 3 N–H and O–H groups in total. The van der Waals surface area contributed by atoms with E-state index in [0.29, 0.717) is 42.7 Å². The molecule has 0 aliphatic heterocycles. The molecule has 0 aromatic heterocycles. The number of hydrogen-bond donors (Lipinski definition) is 2. The van der Waals surface area contributed by atoms with Crippen LogP contribution in [-0.2, 0) is 0 Å². The van der Waals surface area contributed by atoms with Crippen molar-refractivity contribution < 1.29 is 14.3 Å². The molecular formula is C16H26N2O3. The molecule has 0 atom stereocenters. The lowest BCUT2D eigenvalue weighted by Crippen LogP contribution is -2.24. The summed E-state index contributed by atoms with van der Waals surface area (Å²) in [6.07, 6.45) is 1.79. The molecule has 1 aromatic carbocycles. The number of nitrogens with two attached hydrogens (primary N) is 1. The zero-order valence-electron chi connectivity index (χ0n) is 13.1. The highest BCUT2D eigenvalue weighted by Gasteiger charge is 2.11. The molecule has 5 nitrogen and oxygen atoms in total. The van der Waals surface area contributed by atoms with Crippen molar-refractivity contribution in [1.82, 2.24) is 5.32 Å². The number of amides is 1. The molecule has 0 bridgehead atoms. The maximum Gasteiger partial charge on any atom is 0.251 e. The Balaban J connectivity index is 2.65. The molecule has 0 saturated carbocycles. The maximum atomic E-state index is 12.0. The molecule has 0 fully saturated rings. The van der Waals surface area contributed by atoms with E-state index < -0.39 is 0 Å². The Kier molecular flexibility index (Phi) is 7.61. The van der Waals surface area contributed by atoms with E-state index in [-0.39, 0.29) is 5.91 Å². The van der Waals surface area contributed by atoms with Gasteiger partial charge in [-0.25, -0.2) is 0 Å². The van der Waals surface area contributed by atoms with Crippen molar-refractivity contribution in [3.8, 4) is 11.5 Å². The minimum atomic E-state index is -0.110. The molecule has 1 aromatic rings. The van der Waals surface area contributed by atoms with Crippen LogP contribution in [0.4, 0.5) is 0 Å². The summed E-state index contributed by atoms with van der Waals surface area (Å²) in [4.78, 5) is 12.0. The van der Waals surface area contributed by atoms with Crippen molar-refractivity contribution in [2.45, 2.75) is 26.7 Å². The highest BCUT2D eigenvalue weighted by Crippen LogP contribution is 2.28. The summed E-state index contributed by atoms with van der Waals surface area (Å²) in [6.45, 7) is 6.04. The molecule has 0 unspecified atom stereocenters. The Hall–Kier alpha value is -1.75. The Morgan fingerprint density at radius 1 is 1.29 bits per heavy atom. The summed E-state index contributed by atoms with van der Waals surface area (Å²) in [6, 6.07) is 5.22. The lowest BCUT2D eigenvalue weighted by Gasteiger charge is -2.13. The first-order valence-corrected chi connectivity index (χ1v) is 7.37. The third kappa shape index (κ3) is 6.04. The normalized spacial score (nSPS) is 10.5. The number of hydrogen-bond acceptors (Lipinski definition) is 4. The van der Waals surface area contributed by atoms with Crippen LogP contribution in [0, 0.1) is 5.92 Å². The van der Waals surface area contributed by atoms with E-state index in [1.165, 1.54) is 0 Å². The first-order valence-electron chi connectivity index (χ1n) is 7.37. The van der Waals surface area contributed by atoms with Crippen LogP contribution < -0.4 is 20.5 Å². The van der Waals surface area contributed by atoms with Gasteiger partial charge in [-0.3, -0.25) is 4.79 Å². The maximum absolute atomic E-state index is 12.0. The largest absolute Gasteiger partial charge is 0.493 e. The number of benzene rings is 1. The number of unbranched alkanes of at least 4 members (excludes halogenated alkanes) is 1. The average Bonchev–Trinajstić information content (AvgIpc) is 2.49. The third-order valence-electron chi connectivity index (χ3n) is 2.91. The lowest BCUT2D eigenvalue weighted by molar-refractivity contribution is 0.0952. The van der Waals surface area contributed by atoms with Gasteiger partial charge in [0.25, 0.3) is 5.91 Å². The SMILES string of the molecule is COc1cc(C(=O)NCCCCN)ccc1OCC(C)C. The topological polar surface area (TPSA) is 73.6 Å². The molecule has 1 amide bonds. The van der Waals surface area contributed by atoms with E-state index in [2.05, 4.69) is 19.2 Å². The quantitative estimate of drug-likeness (QED) is 0.685. The summed E-state index contributed by atoms with van der Waals surface area (Å²) in [5.41, 5.74) is 5.98. The van der Waals surface area contributed by atoms with Gasteiger partial charge in [-0.1, -0.05) is 13.8 Å². The minimum absolute atomic E-state index is 0.110. The molecule has 5 heteroatoms. The molecule has 0 aliphatic rings. The average molecular weight is 294 g/mol. The standard InChI is InChI=1S/C16H26N2O3/c1-12(2)11-21-14-7-6-13(10-15(14)20-3)16(19)18-9-5-4-8-17/h6-7,10,12H,4-5,8-9,11,17H2,1-3H3,(H,18,19). The summed E-state index contributed by atoms with van der Waals surface area (Å²) >= 11 is 0. The number of ether oxygens (including phenoxy) is 2. The van der Waals surface area contributed by atoms with Crippen molar-refractivity contribution in [2.24, 2.45) is 11.7 Å². The van der Waals surface area contributed by atoms with Crippen molar-refractivity contribution >= 4 is 5.91 Å². The van der Waals surface area contributed by atoms with Gasteiger partial charge in [0.05, 0.1) is 13.7 Å². The predicted octanol–water partition coefficient (Wildman–Crippen LogP) is 2.20. The molecule has 0 heterocycles. The second kappa shape index (κ2) is 9.23. The smallest absolute Gasteiger partial charge is 0.251 e. The van der Waals surface area contributed by atoms with E-state index in [1.54, 1.807) is 25.3 Å². The van der Waals surface area contributed by atoms with Gasteiger partial charge in [0.15, 0.2) is 11.5 Å². The Labute approximate surface area is 126 Å². The van der Waals surface area contributed by atoms with Gasteiger partial charge in [-0.05, 0) is 43.5 Å². The van der Waals surface area contributed by atoms with Gasteiger partial charge in [-0.2, -0.15) is 0 Å². The molecule has 0 spiro atoms. The fourth-order valence-electron chi connectivity index (χ4n) is 1.76. The van der Waals surface area contributed by atoms with Gasteiger partial charge in [0.1, 0.15) is 0 Å². The molecule has 0 saturated heterocycles. The number of carbonyl (C=O) groups excluding carboxylic acids is 1. The van der Waals surface area contributed by atoms with Crippen molar-refractivity contribution in [2.75, 3.05) is 26.8 Å². The Morgan fingerprint density at radius 2 is 2.05 bits per heavy atom. The van der Waals surface area contributed by atoms with Crippen LogP contribution in [0.1, 0.15) is 37.0 Å². The highest BCUT2D eigenvalue weighted by molar-refractivity contribution is 5.94. The van der Waals surface area contributed by atoms with E-state index >= 15 is 0 Å². The fourth-order valence-corrected chi connectivity index (χ4v) is 1.76. The van der Waals surface area contributed by atoms with Crippen LogP contribution in [0.15, 0.2) is 18.2 Å². The number of carbonyl (C=O) groups is 1. The van der Waals surface area contributed by atoms with Crippen LogP contribution >= 0.6 is 0 Å². The van der Waals surface area contributed by atoms with Gasteiger partial charge in [0.2, 0.25) is 0 Å². The van der Waals surface area contributed by atoms with Gasteiger partial charge in [-0.15, -0.1) is 0 Å². The van der Waals surface area contributed by atoms with E-state index in [1.807, 2.05) is 0 Å². The molecule has 118 valence electrons. The first kappa shape index (κ1) is 17.3. The summed E-state index contributed by atoms with van der Waals surface area (Å²) in [7, 11) is 1.57. The van der Waals surface area contributed by atoms with Gasteiger partial charge >= 0.3 is 0 Å². The van der Waals surface area contributed by atoms with Crippen molar-refractivity contribution in [3.05, 3.63) is 23.8 Å². The molecule has 0 aliphatic carbocycles. The summed E-state index contributed by atoms with van der Waals surface area (Å²) < 4.78 is 11.0. The number of methoxy groups -OCH3 is 1. The Morgan fingerprint density at radius 3 is 2.67 bits per heavy atom. The molecule has 1 rings (SSSR count). The Bertz CT molecular complexity index is 447. The molecule has 0 radical (unpaired) electrons. The van der Waals surface area contributed by atoms with Crippen LogP contribution in [0.3, 0.4) is 0 Å². The second-order valence-electron chi connectivity index (χ2n) is 5.32. The van der Waals surface area contributed by atoms with Crippen molar-refractivity contribution in [3.63, 3.8) is 0 Å². The van der Waals surface area contributed by atoms with E-state index in [9.17, 15) is 4.79 Å². The van der Waals surface area contributed by atoms with Crippen LogP contribution in [0.2, 0.25) is 0 Å². The highest BCUT2D eigenvalue weighted by atomic mass is 16.5. The monoisotopic (exact) mass is 294 g/mol. The van der Waals surface area contributed by atoms with Gasteiger partial charge in [0, 0.05) is 12.1 Å². The second-order valence-corrected chi connectivity index (χ2v) is 5.32. The van der Waals surface area contributed by atoms with E-state index in [0.717, 1.165) is 12.8 Å². The molecular weight excluding hydrogens is 268 g/mol. The fraction of sp³-hybridized carbons (Fsp3) is 0.562. The third-order valence-corrected chi connectivity index (χ3v) is 2.91. The molecule has 21 heavy (non-hydrogen) atoms. The predicted molar refractivity (Wildman–Crippen MR) is 83.9 cm³/mol. The number of nitrogens with one attached hydrogen (secondary N) is 1. The lowest BCUT2D eigenvalue weighted by atomic mass is 10.1. The number of rotatable bonds is 9. The zero-order chi connectivity index (χ0) is 15.7. The summed E-state index contributed by atoms with van der Waals surface area (Å²) in [5, 5.41) is 2.86. The zero-order valence-corrected chi connectivity index (χ0v) is 13.1.